The summed E-state index contributed by atoms with van der Waals surface area (Å²) < 4.78 is 22.4. The Morgan fingerprint density at radius 3 is 2.96 bits per heavy atom. The molecule has 8 heteroatoms. The molecular weight excluding hydrogens is 356 g/mol. The Kier molecular flexibility index (Phi) is 4.46. The van der Waals surface area contributed by atoms with Gasteiger partial charge in [-0.3, -0.25) is 0 Å². The van der Waals surface area contributed by atoms with Gasteiger partial charge in [-0.15, -0.1) is 0 Å². The maximum atomic E-state index is 12.3. The highest BCUT2D eigenvalue weighted by Crippen LogP contribution is 2.51. The molecule has 6 unspecified atom stereocenters. The second-order valence-electron chi connectivity index (χ2n) is 7.42. The summed E-state index contributed by atoms with van der Waals surface area (Å²) in [6, 6.07) is 0. The lowest BCUT2D eigenvalue weighted by molar-refractivity contribution is -0.163. The highest BCUT2D eigenvalue weighted by Gasteiger charge is 2.65. The van der Waals surface area contributed by atoms with Crippen LogP contribution in [-0.2, 0) is 28.5 Å². The number of hydrogen-bond acceptors (Lipinski definition) is 8. The van der Waals surface area contributed by atoms with Crippen molar-refractivity contribution in [2.24, 2.45) is 5.92 Å². The molecule has 0 aromatic heterocycles. The van der Waals surface area contributed by atoms with Gasteiger partial charge in [0.05, 0.1) is 30.8 Å². The van der Waals surface area contributed by atoms with E-state index >= 15 is 0 Å². The van der Waals surface area contributed by atoms with Crippen LogP contribution in [0.4, 0.5) is 0 Å². The Bertz CT molecular complexity index is 740. The third kappa shape index (κ3) is 3.02. The number of fused-ring (bicyclic) bond motifs is 4. The van der Waals surface area contributed by atoms with Crippen molar-refractivity contribution >= 4 is 11.9 Å². The fourth-order valence-corrected chi connectivity index (χ4v) is 4.13. The van der Waals surface area contributed by atoms with Gasteiger partial charge in [-0.25, -0.2) is 9.59 Å². The number of epoxide rings is 1. The van der Waals surface area contributed by atoms with E-state index < -0.39 is 48.6 Å². The molecule has 0 saturated carbocycles. The van der Waals surface area contributed by atoms with E-state index in [0.717, 1.165) is 5.57 Å². The Morgan fingerprint density at radius 1 is 1.44 bits per heavy atom. The van der Waals surface area contributed by atoms with Gasteiger partial charge >= 0.3 is 11.9 Å². The van der Waals surface area contributed by atoms with E-state index in [-0.39, 0.29) is 30.3 Å². The minimum absolute atomic E-state index is 0.109. The van der Waals surface area contributed by atoms with Crippen molar-refractivity contribution in [1.82, 2.24) is 0 Å². The zero-order chi connectivity index (χ0) is 19.3. The number of carbonyl (C=O) groups is 2. The molecule has 0 amide bonds. The summed E-state index contributed by atoms with van der Waals surface area (Å²) >= 11 is 0. The Morgan fingerprint density at radius 2 is 2.22 bits per heavy atom. The zero-order valence-corrected chi connectivity index (χ0v) is 14.8. The van der Waals surface area contributed by atoms with Crippen LogP contribution in [-0.4, -0.2) is 65.6 Å². The lowest BCUT2D eigenvalue weighted by atomic mass is 9.81. The number of aliphatic hydroxyl groups excluding tert-OH is 2. The van der Waals surface area contributed by atoms with Gasteiger partial charge in [0.25, 0.3) is 0 Å². The van der Waals surface area contributed by atoms with Gasteiger partial charge in [0, 0.05) is 12.0 Å². The third-order valence-corrected chi connectivity index (χ3v) is 5.74. The summed E-state index contributed by atoms with van der Waals surface area (Å²) in [5, 5.41) is 19.7. The van der Waals surface area contributed by atoms with E-state index in [2.05, 4.69) is 13.2 Å². The summed E-state index contributed by atoms with van der Waals surface area (Å²) in [5.41, 5.74) is -0.0403. The van der Waals surface area contributed by atoms with E-state index in [1.165, 1.54) is 0 Å². The maximum Gasteiger partial charge on any atom is 0.336 e. The normalized spacial score (nSPS) is 40.2. The van der Waals surface area contributed by atoms with Crippen molar-refractivity contribution < 1.29 is 38.7 Å². The Balaban J connectivity index is 1.74. The highest BCUT2D eigenvalue weighted by molar-refractivity contribution is 5.92. The minimum atomic E-state index is -1.18. The molecule has 2 bridgehead atoms. The first-order valence-electron chi connectivity index (χ1n) is 8.92. The molecule has 5 rings (SSSR count). The first-order chi connectivity index (χ1) is 12.9. The molecule has 8 nitrogen and oxygen atoms in total. The SMILES string of the molecule is C=C(CO)C(=O)OC1CC23OC2CCC(=CC2OC(=O)C(=C)C21)COC3O. The summed E-state index contributed by atoms with van der Waals surface area (Å²) in [6.07, 6.45) is 0.352. The molecule has 2 N–H and O–H groups in total. The molecule has 4 heterocycles. The number of ether oxygens (including phenoxy) is 4. The molecule has 6 atom stereocenters. The molecule has 27 heavy (non-hydrogen) atoms. The van der Waals surface area contributed by atoms with Crippen molar-refractivity contribution in [1.29, 1.82) is 0 Å². The van der Waals surface area contributed by atoms with Crippen LogP contribution in [0.25, 0.3) is 0 Å². The molecular formula is C19H22O8. The molecule has 0 radical (unpaired) electrons. The average molecular weight is 378 g/mol. The number of aliphatic hydroxyl groups is 2. The lowest BCUT2D eigenvalue weighted by Crippen LogP contribution is -2.45. The number of carbonyl (C=O) groups excluding carboxylic acids is 2. The van der Waals surface area contributed by atoms with Crippen molar-refractivity contribution in [2.45, 2.75) is 49.5 Å². The molecule has 3 saturated heterocycles. The first kappa shape index (κ1) is 18.4. The van der Waals surface area contributed by atoms with Crippen LogP contribution in [0.1, 0.15) is 19.3 Å². The molecule has 146 valence electrons. The van der Waals surface area contributed by atoms with Crippen LogP contribution >= 0.6 is 0 Å². The van der Waals surface area contributed by atoms with E-state index in [1.54, 1.807) is 6.08 Å². The van der Waals surface area contributed by atoms with E-state index in [9.17, 15) is 14.7 Å². The van der Waals surface area contributed by atoms with Crippen molar-refractivity contribution in [3.05, 3.63) is 36.0 Å². The zero-order valence-electron chi connectivity index (χ0n) is 14.8. The molecule has 1 spiro atoms. The van der Waals surface area contributed by atoms with Crippen molar-refractivity contribution in [3.8, 4) is 0 Å². The standard InChI is InChI=1S/C19H22O8/c1-9(7-20)16(21)26-13-6-19-14(27-19)4-3-11(8-24-18(19)23)5-12-15(13)10(2)17(22)25-12/h5,12-15,18,20,23H,1-4,6-8H2. The van der Waals surface area contributed by atoms with E-state index in [4.69, 9.17) is 24.1 Å². The van der Waals surface area contributed by atoms with Crippen molar-refractivity contribution in [2.75, 3.05) is 13.2 Å². The topological polar surface area (TPSA) is 115 Å². The van der Waals surface area contributed by atoms with Gasteiger partial charge in [0.2, 0.25) is 0 Å². The summed E-state index contributed by atoms with van der Waals surface area (Å²) in [5.74, 6) is -1.95. The van der Waals surface area contributed by atoms with Crippen LogP contribution in [0.2, 0.25) is 0 Å². The number of rotatable bonds is 3. The second kappa shape index (κ2) is 6.56. The highest BCUT2D eigenvalue weighted by atomic mass is 16.7. The largest absolute Gasteiger partial charge is 0.458 e. The average Bonchev–Trinajstić information content (AvgIpc) is 3.26. The summed E-state index contributed by atoms with van der Waals surface area (Å²) in [7, 11) is 0. The second-order valence-corrected chi connectivity index (χ2v) is 7.42. The third-order valence-electron chi connectivity index (χ3n) is 5.74. The first-order valence-corrected chi connectivity index (χ1v) is 8.92. The monoisotopic (exact) mass is 378 g/mol. The molecule has 0 aromatic carbocycles. The van der Waals surface area contributed by atoms with Crippen molar-refractivity contribution in [3.63, 3.8) is 0 Å². The van der Waals surface area contributed by atoms with Gasteiger partial charge in [0.15, 0.2) is 6.29 Å². The molecule has 5 aliphatic rings. The van der Waals surface area contributed by atoms with Crippen LogP contribution in [0.3, 0.4) is 0 Å². The van der Waals surface area contributed by atoms with E-state index in [0.29, 0.717) is 12.8 Å². The van der Waals surface area contributed by atoms with Gasteiger partial charge in [-0.1, -0.05) is 13.2 Å². The molecule has 4 aliphatic heterocycles. The summed E-state index contributed by atoms with van der Waals surface area (Å²) in [6.45, 7) is 6.95. The maximum absolute atomic E-state index is 12.3. The Labute approximate surface area is 156 Å². The predicted octanol–water partition coefficient (Wildman–Crippen LogP) is 0.141. The fraction of sp³-hybridized carbons (Fsp3) is 0.579. The summed E-state index contributed by atoms with van der Waals surface area (Å²) in [4.78, 5) is 24.4. The van der Waals surface area contributed by atoms with Crippen LogP contribution < -0.4 is 0 Å². The quantitative estimate of drug-likeness (QED) is 0.308. The smallest absolute Gasteiger partial charge is 0.336 e. The van der Waals surface area contributed by atoms with Crippen LogP contribution in [0.5, 0.6) is 0 Å². The van der Waals surface area contributed by atoms with Crippen LogP contribution in [0, 0.1) is 5.92 Å². The van der Waals surface area contributed by atoms with Gasteiger partial charge < -0.3 is 29.2 Å². The molecule has 1 aliphatic carbocycles. The molecule has 3 fully saturated rings. The molecule has 0 aromatic rings. The lowest BCUT2D eigenvalue weighted by Gasteiger charge is -2.33. The van der Waals surface area contributed by atoms with Crippen LogP contribution in [0.15, 0.2) is 36.0 Å². The van der Waals surface area contributed by atoms with Gasteiger partial charge in [0.1, 0.15) is 17.8 Å². The number of esters is 2. The Hall–Kier alpha value is -2.00. The minimum Gasteiger partial charge on any atom is -0.458 e. The van der Waals surface area contributed by atoms with Gasteiger partial charge in [-0.05, 0) is 24.5 Å². The number of hydrogen-bond donors (Lipinski definition) is 2. The van der Waals surface area contributed by atoms with Gasteiger partial charge in [-0.2, -0.15) is 0 Å². The van der Waals surface area contributed by atoms with E-state index in [1.807, 2.05) is 0 Å². The predicted molar refractivity (Wildman–Crippen MR) is 90.1 cm³/mol. The fourth-order valence-electron chi connectivity index (χ4n) is 4.13.